The first-order valence-corrected chi connectivity index (χ1v) is 7.04. The highest BCUT2D eigenvalue weighted by Crippen LogP contribution is 2.14. The summed E-state index contributed by atoms with van der Waals surface area (Å²) in [6.07, 6.45) is 1.54. The van der Waals surface area contributed by atoms with E-state index in [9.17, 15) is 23.9 Å². The van der Waals surface area contributed by atoms with Crippen LogP contribution in [0.4, 0.5) is 4.39 Å². The van der Waals surface area contributed by atoms with Gasteiger partial charge in [0.25, 0.3) is 11.5 Å². The van der Waals surface area contributed by atoms with Gasteiger partial charge in [0.2, 0.25) is 0 Å². The Kier molecular flexibility index (Phi) is 5.31. The Morgan fingerprint density at radius 2 is 2.00 bits per heavy atom. The third-order valence-electron chi connectivity index (χ3n) is 3.21. The predicted octanol–water partition coefficient (Wildman–Crippen LogP) is 0.750. The number of phenols is 1. The number of aromatic hydroxyl groups is 1. The zero-order chi connectivity index (χ0) is 17.7. The number of nitrogens with one attached hydrogen (secondary N) is 1. The number of nitrogens with zero attached hydrogens (tertiary/aromatic N) is 1. The van der Waals surface area contributed by atoms with Crippen LogP contribution >= 0.6 is 0 Å². The zero-order valence-corrected chi connectivity index (χ0v) is 12.5. The van der Waals surface area contributed by atoms with Crippen LogP contribution in [0.25, 0.3) is 0 Å². The number of hydrogen-bond acceptors (Lipinski definition) is 4. The molecule has 2 aromatic rings. The maximum Gasteiger partial charge on any atom is 0.323 e. The minimum absolute atomic E-state index is 0.120. The molecule has 1 amide bonds. The minimum Gasteiger partial charge on any atom is -0.508 e. The summed E-state index contributed by atoms with van der Waals surface area (Å²) in [5.74, 6) is -2.65. The number of pyridine rings is 1. The Morgan fingerprint density at radius 3 is 2.67 bits per heavy atom. The van der Waals surface area contributed by atoms with Gasteiger partial charge in [0.1, 0.15) is 23.7 Å². The van der Waals surface area contributed by atoms with E-state index in [0.29, 0.717) is 5.56 Å². The fraction of sp³-hybridized carbons (Fsp3) is 0.188. The smallest absolute Gasteiger partial charge is 0.323 e. The molecule has 0 saturated heterocycles. The van der Waals surface area contributed by atoms with Crippen molar-refractivity contribution in [3.63, 3.8) is 0 Å². The Morgan fingerprint density at radius 1 is 1.25 bits per heavy atom. The van der Waals surface area contributed by atoms with E-state index in [4.69, 9.17) is 5.11 Å². The first-order chi connectivity index (χ1) is 11.4. The lowest BCUT2D eigenvalue weighted by Crippen LogP contribution is -2.34. The quantitative estimate of drug-likeness (QED) is 0.722. The van der Waals surface area contributed by atoms with Gasteiger partial charge in [0.15, 0.2) is 0 Å². The van der Waals surface area contributed by atoms with Crippen molar-refractivity contribution in [2.45, 2.75) is 13.0 Å². The molecule has 1 aromatic carbocycles. The normalized spacial score (nSPS) is 10.4. The molecule has 0 aliphatic heterocycles. The van der Waals surface area contributed by atoms with Crippen LogP contribution in [0, 0.1) is 5.82 Å². The number of carbonyl (C=O) groups is 2. The fourth-order valence-corrected chi connectivity index (χ4v) is 2.17. The van der Waals surface area contributed by atoms with E-state index in [1.165, 1.54) is 30.5 Å². The summed E-state index contributed by atoms with van der Waals surface area (Å²) in [5, 5.41) is 20.5. The lowest BCUT2D eigenvalue weighted by Gasteiger charge is -2.08. The number of phenolic OH excluding ortho intramolecular Hbond substituents is 1. The van der Waals surface area contributed by atoms with Gasteiger partial charge in [0, 0.05) is 18.8 Å². The molecule has 0 unspecified atom stereocenters. The second-order valence-electron chi connectivity index (χ2n) is 5.07. The molecule has 0 bridgehead atoms. The van der Waals surface area contributed by atoms with E-state index < -0.39 is 29.8 Å². The van der Waals surface area contributed by atoms with Crippen molar-refractivity contribution in [1.82, 2.24) is 9.88 Å². The number of carbonyl (C=O) groups excluding carboxylic acids is 1. The van der Waals surface area contributed by atoms with Crippen LogP contribution in [0.3, 0.4) is 0 Å². The molecule has 8 heteroatoms. The number of rotatable bonds is 6. The summed E-state index contributed by atoms with van der Waals surface area (Å²) in [4.78, 5) is 34.7. The van der Waals surface area contributed by atoms with Crippen LogP contribution in [0.15, 0.2) is 41.3 Å². The summed E-state index contributed by atoms with van der Waals surface area (Å²) in [6.45, 7) is -0.419. The number of carboxylic acids is 1. The second kappa shape index (κ2) is 7.40. The lowest BCUT2D eigenvalue weighted by atomic mass is 10.1. The number of hydrogen-bond donors (Lipinski definition) is 3. The molecule has 126 valence electrons. The minimum atomic E-state index is -1.19. The van der Waals surface area contributed by atoms with E-state index in [-0.39, 0.29) is 24.3 Å². The summed E-state index contributed by atoms with van der Waals surface area (Å²) in [5.41, 5.74) is -0.397. The third kappa shape index (κ3) is 4.42. The van der Waals surface area contributed by atoms with E-state index in [1.807, 2.05) is 0 Å². The monoisotopic (exact) mass is 334 g/mol. The van der Waals surface area contributed by atoms with Crippen molar-refractivity contribution in [2.75, 3.05) is 6.54 Å². The van der Waals surface area contributed by atoms with Gasteiger partial charge in [-0.2, -0.15) is 0 Å². The van der Waals surface area contributed by atoms with Crippen LogP contribution in [0.5, 0.6) is 5.75 Å². The van der Waals surface area contributed by atoms with Gasteiger partial charge in [-0.3, -0.25) is 14.4 Å². The molecule has 1 aromatic heterocycles. The maximum absolute atomic E-state index is 13.1. The Balaban J connectivity index is 2.02. The molecule has 2 rings (SSSR count). The molecule has 0 atom stereocenters. The molecule has 3 N–H and O–H groups in total. The standard InChI is InChI=1S/C16H15FN2O5/c17-11-6-10(7-12(20)8-11)3-4-18-15(23)13-2-1-5-19(16(13)24)9-14(21)22/h1-2,5-8,20H,3-4,9H2,(H,18,23)(H,21,22). The summed E-state index contributed by atoms with van der Waals surface area (Å²) in [7, 11) is 0. The van der Waals surface area contributed by atoms with Crippen molar-refractivity contribution in [3.05, 3.63) is 63.8 Å². The van der Waals surface area contributed by atoms with Gasteiger partial charge in [-0.05, 0) is 36.2 Å². The highest BCUT2D eigenvalue weighted by molar-refractivity contribution is 5.93. The summed E-state index contributed by atoms with van der Waals surface area (Å²) in [6, 6.07) is 6.27. The summed E-state index contributed by atoms with van der Waals surface area (Å²) < 4.78 is 14.1. The van der Waals surface area contributed by atoms with Gasteiger partial charge >= 0.3 is 5.97 Å². The van der Waals surface area contributed by atoms with E-state index in [0.717, 1.165) is 10.6 Å². The lowest BCUT2D eigenvalue weighted by molar-refractivity contribution is -0.137. The molecular formula is C16H15FN2O5. The fourth-order valence-electron chi connectivity index (χ4n) is 2.17. The zero-order valence-electron chi connectivity index (χ0n) is 12.5. The highest BCUT2D eigenvalue weighted by Gasteiger charge is 2.13. The average molecular weight is 334 g/mol. The van der Waals surface area contributed by atoms with Crippen LogP contribution in [0.2, 0.25) is 0 Å². The number of benzene rings is 1. The van der Waals surface area contributed by atoms with E-state index in [2.05, 4.69) is 5.32 Å². The number of aromatic nitrogens is 1. The molecule has 0 aliphatic rings. The van der Waals surface area contributed by atoms with Gasteiger partial charge in [-0.1, -0.05) is 0 Å². The molecule has 0 fully saturated rings. The van der Waals surface area contributed by atoms with Crippen molar-refractivity contribution in [2.24, 2.45) is 0 Å². The van der Waals surface area contributed by atoms with Crippen LogP contribution in [0.1, 0.15) is 15.9 Å². The first kappa shape index (κ1) is 17.2. The Bertz CT molecular complexity index is 811. The van der Waals surface area contributed by atoms with E-state index >= 15 is 0 Å². The molecular weight excluding hydrogens is 319 g/mol. The topological polar surface area (TPSA) is 109 Å². The SMILES string of the molecule is O=C(O)Cn1cccc(C(=O)NCCc2cc(O)cc(F)c2)c1=O. The molecule has 0 aliphatic carbocycles. The number of amides is 1. The molecule has 7 nitrogen and oxygen atoms in total. The molecule has 0 spiro atoms. The molecule has 1 heterocycles. The predicted molar refractivity (Wildman–Crippen MR) is 82.4 cm³/mol. The highest BCUT2D eigenvalue weighted by atomic mass is 19.1. The molecule has 0 saturated carbocycles. The number of halogens is 1. The van der Waals surface area contributed by atoms with Crippen LogP contribution in [-0.4, -0.2) is 33.2 Å². The third-order valence-corrected chi connectivity index (χ3v) is 3.21. The van der Waals surface area contributed by atoms with Crippen LogP contribution < -0.4 is 10.9 Å². The van der Waals surface area contributed by atoms with Crippen molar-refractivity contribution in [1.29, 1.82) is 0 Å². The van der Waals surface area contributed by atoms with Crippen molar-refractivity contribution in [3.8, 4) is 5.75 Å². The van der Waals surface area contributed by atoms with Crippen LogP contribution in [-0.2, 0) is 17.8 Å². The number of aliphatic carboxylic acids is 1. The van der Waals surface area contributed by atoms with Crippen molar-refractivity contribution < 1.29 is 24.2 Å². The first-order valence-electron chi connectivity index (χ1n) is 7.04. The maximum atomic E-state index is 13.1. The van der Waals surface area contributed by atoms with Crippen molar-refractivity contribution >= 4 is 11.9 Å². The van der Waals surface area contributed by atoms with Gasteiger partial charge < -0.3 is 20.1 Å². The Hall–Kier alpha value is -3.16. The largest absolute Gasteiger partial charge is 0.508 e. The van der Waals surface area contributed by atoms with E-state index in [1.54, 1.807) is 0 Å². The average Bonchev–Trinajstić information content (AvgIpc) is 2.48. The van der Waals surface area contributed by atoms with Gasteiger partial charge in [-0.15, -0.1) is 0 Å². The Labute approximate surface area is 136 Å². The second-order valence-corrected chi connectivity index (χ2v) is 5.07. The molecule has 0 radical (unpaired) electrons. The van der Waals surface area contributed by atoms with Gasteiger partial charge in [0.05, 0.1) is 0 Å². The molecule has 24 heavy (non-hydrogen) atoms. The number of carboxylic acid groups (broad SMARTS) is 1. The van der Waals surface area contributed by atoms with Gasteiger partial charge in [-0.25, -0.2) is 4.39 Å². The summed E-state index contributed by atoms with van der Waals surface area (Å²) >= 11 is 0.